The second-order valence-corrected chi connectivity index (χ2v) is 8.00. The zero-order chi connectivity index (χ0) is 14.4. The zero-order valence-electron chi connectivity index (χ0n) is 12.2. The molecule has 3 atom stereocenters. The molecule has 0 N–H and O–H groups in total. The van der Waals surface area contributed by atoms with Gasteiger partial charge in [-0.3, -0.25) is 0 Å². The Morgan fingerprint density at radius 2 is 1.95 bits per heavy atom. The molecule has 2 bridgehead atoms. The minimum Gasteiger partial charge on any atom is -0.369 e. The Morgan fingerprint density at radius 1 is 1.25 bits per heavy atom. The van der Waals surface area contributed by atoms with Crippen molar-refractivity contribution in [2.24, 2.45) is 17.3 Å². The maximum atomic E-state index is 6.56. The van der Waals surface area contributed by atoms with E-state index in [-0.39, 0.29) is 11.0 Å². The Hall–Kier alpha value is 0.200. The molecule has 110 valence electrons. The molecule has 3 heteroatoms. The third-order valence-electron chi connectivity index (χ3n) is 5.84. The van der Waals surface area contributed by atoms with Crippen molar-refractivity contribution in [3.63, 3.8) is 0 Å². The summed E-state index contributed by atoms with van der Waals surface area (Å²) in [6, 6.07) is 8.03. The summed E-state index contributed by atoms with van der Waals surface area (Å²) < 4.78 is 7.64. The number of rotatable bonds is 4. The summed E-state index contributed by atoms with van der Waals surface area (Å²) in [5, 5.41) is 0.817. The molecule has 20 heavy (non-hydrogen) atoms. The van der Waals surface area contributed by atoms with Crippen molar-refractivity contribution in [2.45, 2.75) is 45.3 Å². The van der Waals surface area contributed by atoms with E-state index in [2.05, 4.69) is 42.5 Å². The van der Waals surface area contributed by atoms with E-state index in [0.717, 1.165) is 26.8 Å². The molecule has 0 aromatic heterocycles. The first-order chi connectivity index (χ1) is 9.51. The number of benzene rings is 1. The molecule has 3 rings (SSSR count). The van der Waals surface area contributed by atoms with E-state index in [0.29, 0.717) is 6.61 Å². The molecule has 0 amide bonds. The van der Waals surface area contributed by atoms with E-state index in [9.17, 15) is 0 Å². The summed E-state index contributed by atoms with van der Waals surface area (Å²) in [5.74, 6) is 1.55. The molecule has 2 aliphatic carbocycles. The Bertz CT molecular complexity index is 502. The molecular weight excluding hydrogens is 383 g/mol. The van der Waals surface area contributed by atoms with E-state index in [4.69, 9.17) is 16.3 Å². The van der Waals surface area contributed by atoms with Gasteiger partial charge in [-0.05, 0) is 48.1 Å². The molecule has 0 aliphatic heterocycles. The van der Waals surface area contributed by atoms with E-state index in [1.807, 2.05) is 18.2 Å². The molecular formula is C17H22ClIO. The predicted octanol–water partition coefficient (Wildman–Crippen LogP) is 5.49. The lowest BCUT2D eigenvalue weighted by molar-refractivity contribution is -0.144. The minimum absolute atomic E-state index is 0.0235. The van der Waals surface area contributed by atoms with Crippen molar-refractivity contribution in [1.82, 2.24) is 0 Å². The quantitative estimate of drug-likeness (QED) is 0.476. The van der Waals surface area contributed by atoms with Crippen LogP contribution in [0.1, 0.15) is 38.7 Å². The molecule has 2 aliphatic rings. The van der Waals surface area contributed by atoms with Crippen LogP contribution in [-0.4, -0.2) is 10.0 Å². The molecule has 0 radical (unpaired) electrons. The van der Waals surface area contributed by atoms with Crippen LogP contribution < -0.4 is 0 Å². The van der Waals surface area contributed by atoms with Crippen LogP contribution in [0.5, 0.6) is 0 Å². The molecule has 2 fully saturated rings. The molecule has 2 saturated carbocycles. The molecule has 0 heterocycles. The average molecular weight is 405 g/mol. The molecule has 0 spiro atoms. The van der Waals surface area contributed by atoms with Gasteiger partial charge in [0.25, 0.3) is 0 Å². The van der Waals surface area contributed by atoms with Crippen LogP contribution in [0.15, 0.2) is 24.3 Å². The highest BCUT2D eigenvalue weighted by molar-refractivity contribution is 14.1. The van der Waals surface area contributed by atoms with Gasteiger partial charge in [-0.1, -0.05) is 66.2 Å². The molecule has 3 unspecified atom stereocenters. The fraction of sp³-hybridized carbons (Fsp3) is 0.647. The van der Waals surface area contributed by atoms with Crippen molar-refractivity contribution in [1.29, 1.82) is 0 Å². The van der Waals surface area contributed by atoms with Gasteiger partial charge in [0.2, 0.25) is 0 Å². The van der Waals surface area contributed by atoms with Crippen LogP contribution in [0.25, 0.3) is 0 Å². The number of hydrogen-bond donors (Lipinski definition) is 0. The first-order valence-electron chi connectivity index (χ1n) is 7.44. The fourth-order valence-corrected chi connectivity index (χ4v) is 6.39. The second kappa shape index (κ2) is 5.44. The lowest BCUT2D eigenvalue weighted by Gasteiger charge is -2.48. The maximum absolute atomic E-state index is 6.56. The van der Waals surface area contributed by atoms with Crippen LogP contribution in [0.3, 0.4) is 0 Å². The number of fused-ring (bicyclic) bond motifs is 2. The normalized spacial score (nSPS) is 34.6. The van der Waals surface area contributed by atoms with E-state index >= 15 is 0 Å². The number of hydrogen-bond acceptors (Lipinski definition) is 1. The van der Waals surface area contributed by atoms with Gasteiger partial charge >= 0.3 is 0 Å². The van der Waals surface area contributed by atoms with Crippen molar-refractivity contribution < 1.29 is 4.74 Å². The number of halogens is 2. The maximum Gasteiger partial charge on any atom is 0.0857 e. The van der Waals surface area contributed by atoms with Gasteiger partial charge in [-0.2, -0.15) is 0 Å². The third kappa shape index (κ3) is 2.14. The van der Waals surface area contributed by atoms with Crippen LogP contribution in [-0.2, 0) is 11.3 Å². The summed E-state index contributed by atoms with van der Waals surface area (Å²) >= 11 is 8.79. The van der Waals surface area contributed by atoms with Crippen molar-refractivity contribution in [2.75, 3.05) is 4.43 Å². The lowest BCUT2D eigenvalue weighted by atomic mass is 9.66. The lowest BCUT2D eigenvalue weighted by Crippen LogP contribution is -2.52. The Morgan fingerprint density at radius 3 is 2.55 bits per heavy atom. The molecule has 1 nitrogen and oxygen atoms in total. The predicted molar refractivity (Wildman–Crippen MR) is 92.5 cm³/mol. The number of alkyl halides is 1. The van der Waals surface area contributed by atoms with Gasteiger partial charge < -0.3 is 4.74 Å². The van der Waals surface area contributed by atoms with E-state index in [1.165, 1.54) is 19.3 Å². The minimum atomic E-state index is 0.0235. The number of ether oxygens (including phenoxy) is 1. The van der Waals surface area contributed by atoms with Gasteiger partial charge in [0.1, 0.15) is 0 Å². The van der Waals surface area contributed by atoms with Crippen molar-refractivity contribution in [3.05, 3.63) is 34.9 Å². The highest BCUT2D eigenvalue weighted by Crippen LogP contribution is 2.63. The first kappa shape index (κ1) is 15.1. The highest BCUT2D eigenvalue weighted by atomic mass is 127. The summed E-state index contributed by atoms with van der Waals surface area (Å²) in [6.45, 7) is 5.44. The van der Waals surface area contributed by atoms with E-state index < -0.39 is 0 Å². The standard InChI is InChI=1S/C17H22ClIO/c1-16(2)13-7-8-14(9-13)17(16,11-19)20-10-12-5-3-4-6-15(12)18/h3-6,13-14H,7-11H2,1-2H3. The first-order valence-corrected chi connectivity index (χ1v) is 9.35. The topological polar surface area (TPSA) is 9.23 Å². The summed E-state index contributed by atoms with van der Waals surface area (Å²) in [7, 11) is 0. The summed E-state index contributed by atoms with van der Waals surface area (Å²) in [5.41, 5.74) is 1.41. The van der Waals surface area contributed by atoms with Gasteiger partial charge in [0, 0.05) is 9.45 Å². The van der Waals surface area contributed by atoms with Gasteiger partial charge in [0.15, 0.2) is 0 Å². The van der Waals surface area contributed by atoms with Crippen molar-refractivity contribution >= 4 is 34.2 Å². The molecule has 0 saturated heterocycles. The largest absolute Gasteiger partial charge is 0.369 e. The van der Waals surface area contributed by atoms with Crippen LogP contribution in [0.4, 0.5) is 0 Å². The smallest absolute Gasteiger partial charge is 0.0857 e. The van der Waals surface area contributed by atoms with Gasteiger partial charge in [0.05, 0.1) is 12.2 Å². The van der Waals surface area contributed by atoms with Crippen LogP contribution in [0, 0.1) is 17.3 Å². The summed E-state index contributed by atoms with van der Waals surface area (Å²) in [4.78, 5) is 0. The fourth-order valence-electron chi connectivity index (χ4n) is 4.38. The van der Waals surface area contributed by atoms with Gasteiger partial charge in [-0.25, -0.2) is 0 Å². The Balaban J connectivity index is 1.82. The van der Waals surface area contributed by atoms with Crippen LogP contribution >= 0.6 is 34.2 Å². The van der Waals surface area contributed by atoms with E-state index in [1.54, 1.807) is 0 Å². The molecule has 1 aromatic carbocycles. The highest BCUT2D eigenvalue weighted by Gasteiger charge is 2.63. The monoisotopic (exact) mass is 404 g/mol. The zero-order valence-corrected chi connectivity index (χ0v) is 15.1. The van der Waals surface area contributed by atoms with Crippen LogP contribution in [0.2, 0.25) is 5.02 Å². The summed E-state index contributed by atoms with van der Waals surface area (Å²) in [6.07, 6.45) is 4.06. The molecule has 1 aromatic rings. The van der Waals surface area contributed by atoms with Crippen molar-refractivity contribution in [3.8, 4) is 0 Å². The average Bonchev–Trinajstić information content (AvgIpc) is 2.98. The Labute approximate surface area is 140 Å². The Kier molecular flexibility index (Phi) is 4.11. The SMILES string of the molecule is CC1(C)C2CCC(C2)C1(CI)OCc1ccccc1Cl. The van der Waals surface area contributed by atoms with Gasteiger partial charge in [-0.15, -0.1) is 0 Å². The third-order valence-corrected chi connectivity index (χ3v) is 7.35. The second-order valence-electron chi connectivity index (χ2n) is 6.83.